The van der Waals surface area contributed by atoms with Crippen LogP contribution in [0.3, 0.4) is 0 Å². The molecule has 1 saturated heterocycles. The summed E-state index contributed by atoms with van der Waals surface area (Å²) in [5.41, 5.74) is 2.33. The van der Waals surface area contributed by atoms with Crippen LogP contribution >= 0.6 is 11.3 Å². The van der Waals surface area contributed by atoms with Gasteiger partial charge in [0.05, 0.1) is 32.3 Å². The highest BCUT2D eigenvalue weighted by molar-refractivity contribution is 7.09. The fraction of sp³-hybridized carbons (Fsp3) is 0.423. The number of nitrogens with one attached hydrogen (secondary N) is 1. The molecule has 2 aromatic heterocycles. The molecule has 3 aromatic rings. The van der Waals surface area contributed by atoms with Gasteiger partial charge in [0.15, 0.2) is 5.69 Å². The van der Waals surface area contributed by atoms with E-state index in [4.69, 9.17) is 9.47 Å². The van der Waals surface area contributed by atoms with E-state index in [9.17, 15) is 9.59 Å². The molecule has 1 fully saturated rings. The molecule has 0 spiro atoms. The number of carbonyl (C=O) groups excluding carboxylic acids is 2. The van der Waals surface area contributed by atoms with Crippen molar-refractivity contribution in [1.29, 1.82) is 0 Å². The maximum absolute atomic E-state index is 13.2. The van der Waals surface area contributed by atoms with Crippen LogP contribution in [-0.2, 0) is 29.1 Å². The van der Waals surface area contributed by atoms with Crippen LogP contribution in [-0.4, -0.2) is 53.0 Å². The summed E-state index contributed by atoms with van der Waals surface area (Å²) in [6, 6.07) is 12.0. The van der Waals surface area contributed by atoms with Gasteiger partial charge in [-0.2, -0.15) is 0 Å². The van der Waals surface area contributed by atoms with Crippen LogP contribution in [0.15, 0.2) is 48.1 Å². The van der Waals surface area contributed by atoms with E-state index in [1.165, 1.54) is 4.88 Å². The maximum atomic E-state index is 13.2. The Labute approximate surface area is 208 Å². The van der Waals surface area contributed by atoms with Crippen LogP contribution < -0.4 is 10.1 Å². The third kappa shape index (κ3) is 5.26. The molecule has 0 unspecified atom stereocenters. The summed E-state index contributed by atoms with van der Waals surface area (Å²) < 4.78 is 13.3. The zero-order valence-electron chi connectivity index (χ0n) is 19.8. The predicted octanol–water partition coefficient (Wildman–Crippen LogP) is 3.44. The van der Waals surface area contributed by atoms with Gasteiger partial charge in [0.25, 0.3) is 5.91 Å². The van der Waals surface area contributed by atoms with Crippen molar-refractivity contribution in [2.24, 2.45) is 5.92 Å². The molecule has 5 rings (SSSR count). The molecule has 2 amide bonds. The van der Waals surface area contributed by atoms with Crippen LogP contribution in [0.5, 0.6) is 5.75 Å². The molecule has 2 aliphatic heterocycles. The van der Waals surface area contributed by atoms with E-state index < -0.39 is 0 Å². The highest BCUT2D eigenvalue weighted by atomic mass is 32.1. The van der Waals surface area contributed by atoms with E-state index in [0.29, 0.717) is 51.3 Å². The first-order valence-electron chi connectivity index (χ1n) is 12.0. The number of fused-ring (bicyclic) bond motifs is 1. The Kier molecular flexibility index (Phi) is 7.15. The molecule has 1 aromatic carbocycles. The normalized spacial score (nSPS) is 18.2. The van der Waals surface area contributed by atoms with Gasteiger partial charge >= 0.3 is 0 Å². The maximum Gasteiger partial charge on any atom is 0.274 e. The quantitative estimate of drug-likeness (QED) is 0.544. The molecule has 9 heteroatoms. The summed E-state index contributed by atoms with van der Waals surface area (Å²) in [5, 5.41) is 5.10. The molecule has 1 N–H and O–H groups in total. The number of imidazole rings is 1. The summed E-state index contributed by atoms with van der Waals surface area (Å²) in [6.07, 6.45) is 3.83. The molecule has 0 saturated carbocycles. The lowest BCUT2D eigenvalue weighted by Crippen LogP contribution is -2.43. The van der Waals surface area contributed by atoms with Crippen molar-refractivity contribution in [3.8, 4) is 5.75 Å². The molecule has 35 heavy (non-hydrogen) atoms. The topological polar surface area (TPSA) is 85.7 Å². The van der Waals surface area contributed by atoms with Gasteiger partial charge in [0, 0.05) is 30.4 Å². The average Bonchev–Trinajstić information content (AvgIpc) is 3.58. The molecule has 0 radical (unpaired) electrons. The number of piperidine rings is 1. The lowest BCUT2D eigenvalue weighted by atomic mass is 9.95. The Hall–Kier alpha value is -3.17. The minimum absolute atomic E-state index is 0.0492. The average molecular weight is 495 g/mol. The Morgan fingerprint density at radius 1 is 1.20 bits per heavy atom. The van der Waals surface area contributed by atoms with Crippen LogP contribution in [0, 0.1) is 5.92 Å². The Bertz CT molecular complexity index is 1150. The van der Waals surface area contributed by atoms with E-state index in [2.05, 4.69) is 16.4 Å². The summed E-state index contributed by atoms with van der Waals surface area (Å²) in [4.78, 5) is 33.3. The molecule has 0 bridgehead atoms. The number of likely N-dealkylation sites (tertiary alicyclic amines) is 1. The molecular formula is C26H30N4O4S. The minimum Gasteiger partial charge on any atom is -0.497 e. The van der Waals surface area contributed by atoms with Crippen molar-refractivity contribution in [3.63, 3.8) is 0 Å². The van der Waals surface area contributed by atoms with Gasteiger partial charge in [-0.25, -0.2) is 4.98 Å². The van der Waals surface area contributed by atoms with Crippen LogP contribution in [0.1, 0.15) is 45.6 Å². The third-order valence-corrected chi connectivity index (χ3v) is 7.76. The van der Waals surface area contributed by atoms with Gasteiger partial charge in [0.1, 0.15) is 11.9 Å². The van der Waals surface area contributed by atoms with Crippen molar-refractivity contribution in [3.05, 3.63) is 69.9 Å². The van der Waals surface area contributed by atoms with Gasteiger partial charge in [0.2, 0.25) is 5.91 Å². The van der Waals surface area contributed by atoms with Gasteiger partial charge in [-0.1, -0.05) is 18.2 Å². The van der Waals surface area contributed by atoms with E-state index in [-0.39, 0.29) is 23.8 Å². The fourth-order valence-corrected chi connectivity index (χ4v) is 5.44. The van der Waals surface area contributed by atoms with Crippen molar-refractivity contribution in [1.82, 2.24) is 19.8 Å². The second-order valence-electron chi connectivity index (χ2n) is 8.95. The summed E-state index contributed by atoms with van der Waals surface area (Å²) >= 11 is 1.71. The number of aromatic nitrogens is 2. The van der Waals surface area contributed by atoms with Crippen molar-refractivity contribution < 1.29 is 19.1 Å². The van der Waals surface area contributed by atoms with E-state index in [1.807, 2.05) is 45.2 Å². The lowest BCUT2D eigenvalue weighted by Gasteiger charge is -2.31. The third-order valence-electron chi connectivity index (χ3n) is 6.82. The number of amides is 2. The minimum atomic E-state index is -0.0976. The zero-order valence-corrected chi connectivity index (χ0v) is 20.6. The highest BCUT2D eigenvalue weighted by Crippen LogP contribution is 2.30. The van der Waals surface area contributed by atoms with E-state index in [1.54, 1.807) is 24.8 Å². The molecule has 8 nitrogen and oxygen atoms in total. The number of carbonyl (C=O) groups is 2. The molecule has 1 atom stereocenters. The number of benzene rings is 1. The van der Waals surface area contributed by atoms with Crippen molar-refractivity contribution in [2.75, 3.05) is 26.7 Å². The second kappa shape index (κ2) is 10.6. The standard InChI is InChI=1S/C26H30N4O4S/c1-33-20-6-4-18(5-7-20)23-15-30-17-28-24(22(30)16-34-23)26(32)29-12-9-19(10-13-29)25(31)27-11-8-21-3-2-14-35-21/h2-7,14,17,19,23H,8-13,15-16H2,1H3,(H,27,31)/t23-/m0/s1. The SMILES string of the molecule is COc1ccc([C@@H]2Cn3cnc(C(=O)N4CCC(C(=O)NCCc5cccs5)CC4)c3CO2)cc1. The number of methoxy groups -OCH3 is 1. The van der Waals surface area contributed by atoms with Gasteiger partial charge in [-0.3, -0.25) is 9.59 Å². The first-order valence-corrected chi connectivity index (χ1v) is 12.9. The van der Waals surface area contributed by atoms with Crippen molar-refractivity contribution >= 4 is 23.2 Å². The lowest BCUT2D eigenvalue weighted by molar-refractivity contribution is -0.126. The van der Waals surface area contributed by atoms with Crippen LogP contribution in [0.4, 0.5) is 0 Å². The Balaban J connectivity index is 1.13. The monoisotopic (exact) mass is 494 g/mol. The van der Waals surface area contributed by atoms with Gasteiger partial charge in [-0.05, 0) is 48.4 Å². The number of hydrogen-bond donors (Lipinski definition) is 1. The molecular weight excluding hydrogens is 464 g/mol. The van der Waals surface area contributed by atoms with Gasteiger partial charge < -0.3 is 24.3 Å². The second-order valence-corrected chi connectivity index (χ2v) is 9.98. The van der Waals surface area contributed by atoms with E-state index >= 15 is 0 Å². The molecule has 4 heterocycles. The first kappa shape index (κ1) is 23.6. The predicted molar refractivity (Wildman–Crippen MR) is 132 cm³/mol. The summed E-state index contributed by atoms with van der Waals surface area (Å²) in [5.74, 6) is 0.764. The fourth-order valence-electron chi connectivity index (χ4n) is 4.73. The summed E-state index contributed by atoms with van der Waals surface area (Å²) in [7, 11) is 1.65. The Morgan fingerprint density at radius 2 is 2.00 bits per heavy atom. The number of ether oxygens (including phenoxy) is 2. The smallest absolute Gasteiger partial charge is 0.274 e. The van der Waals surface area contributed by atoms with E-state index in [0.717, 1.165) is 23.4 Å². The van der Waals surface area contributed by atoms with Gasteiger partial charge in [-0.15, -0.1) is 11.3 Å². The zero-order chi connectivity index (χ0) is 24.2. The first-order chi connectivity index (χ1) is 17.1. The number of nitrogens with zero attached hydrogens (tertiary/aromatic N) is 3. The van der Waals surface area contributed by atoms with Crippen LogP contribution in [0.2, 0.25) is 0 Å². The largest absolute Gasteiger partial charge is 0.497 e. The highest BCUT2D eigenvalue weighted by Gasteiger charge is 2.32. The summed E-state index contributed by atoms with van der Waals surface area (Å²) in [6.45, 7) is 2.71. The number of thiophene rings is 1. The molecule has 2 aliphatic rings. The number of hydrogen-bond acceptors (Lipinski definition) is 6. The number of rotatable bonds is 7. The molecule has 0 aliphatic carbocycles. The van der Waals surface area contributed by atoms with Crippen LogP contribution in [0.25, 0.3) is 0 Å². The molecule has 184 valence electrons. The Morgan fingerprint density at radius 3 is 2.71 bits per heavy atom. The van der Waals surface area contributed by atoms with Crippen molar-refractivity contribution in [2.45, 2.75) is 38.5 Å².